The highest BCUT2D eigenvalue weighted by Gasteiger charge is 1.93. The monoisotopic (exact) mass is 179 g/mol. The van der Waals surface area contributed by atoms with E-state index < -0.39 is 0 Å². The Morgan fingerprint density at radius 1 is 1.42 bits per heavy atom. The smallest absolute Gasteiger partial charge is 0.00745 e. The lowest BCUT2D eigenvalue weighted by atomic mass is 10.1. The number of thioether (sulfide) groups is 1. The van der Waals surface area contributed by atoms with Crippen molar-refractivity contribution < 1.29 is 0 Å². The van der Waals surface area contributed by atoms with Crippen LogP contribution < -0.4 is 0 Å². The van der Waals surface area contributed by atoms with Crippen molar-refractivity contribution in [3.05, 3.63) is 36.8 Å². The van der Waals surface area contributed by atoms with Crippen molar-refractivity contribution in [1.82, 2.24) is 0 Å². The quantitative estimate of drug-likeness (QED) is 0.637. The molecule has 1 radical (unpaired) electrons. The zero-order valence-corrected chi connectivity index (χ0v) is 8.36. The number of aryl methyl sites for hydroxylation is 1. The Bertz CT molecular complexity index is 209. The van der Waals surface area contributed by atoms with Crippen LogP contribution in [0.2, 0.25) is 0 Å². The molecule has 12 heavy (non-hydrogen) atoms. The molecule has 0 nitrogen and oxygen atoms in total. The Hall–Kier alpha value is -0.430. The predicted molar refractivity (Wildman–Crippen MR) is 56.5 cm³/mol. The van der Waals surface area contributed by atoms with Crippen molar-refractivity contribution in [3.8, 4) is 0 Å². The van der Waals surface area contributed by atoms with E-state index in [9.17, 15) is 0 Å². The second-order valence-corrected chi connectivity index (χ2v) is 4.02. The summed E-state index contributed by atoms with van der Waals surface area (Å²) in [7, 11) is 0. The van der Waals surface area contributed by atoms with Crippen LogP contribution in [0.5, 0.6) is 0 Å². The maximum atomic E-state index is 3.85. The van der Waals surface area contributed by atoms with E-state index >= 15 is 0 Å². The van der Waals surface area contributed by atoms with Gasteiger partial charge in [0.2, 0.25) is 0 Å². The van der Waals surface area contributed by atoms with Crippen molar-refractivity contribution in [2.45, 2.75) is 24.7 Å². The van der Waals surface area contributed by atoms with Gasteiger partial charge in [0.25, 0.3) is 0 Å². The molecule has 65 valence electrons. The van der Waals surface area contributed by atoms with Gasteiger partial charge in [0, 0.05) is 4.90 Å². The van der Waals surface area contributed by atoms with Crippen LogP contribution in [0, 0.1) is 6.92 Å². The standard InChI is InChI=1S/C11H15S/c1-3-6-10-7-5-8-11(9-10)12-4-2/h5,7-9H,1,3-4,6H2,2H3. The summed E-state index contributed by atoms with van der Waals surface area (Å²) in [5.41, 5.74) is 1.41. The predicted octanol–water partition coefficient (Wildman–Crippen LogP) is 3.57. The van der Waals surface area contributed by atoms with E-state index in [4.69, 9.17) is 0 Å². The molecule has 0 aromatic heterocycles. The summed E-state index contributed by atoms with van der Waals surface area (Å²) >= 11 is 1.89. The first kappa shape index (κ1) is 9.66. The molecule has 1 heteroatoms. The summed E-state index contributed by atoms with van der Waals surface area (Å²) in [6.07, 6.45) is 2.08. The maximum absolute atomic E-state index is 3.85. The van der Waals surface area contributed by atoms with Gasteiger partial charge in [-0.1, -0.05) is 26.0 Å². The second kappa shape index (κ2) is 5.26. The Balaban J connectivity index is 2.67. The van der Waals surface area contributed by atoms with E-state index in [0.717, 1.165) is 18.6 Å². The van der Waals surface area contributed by atoms with Gasteiger partial charge in [-0.3, -0.25) is 0 Å². The lowest BCUT2D eigenvalue weighted by Gasteiger charge is -2.01. The molecular weight excluding hydrogens is 164 g/mol. The molecule has 0 atom stereocenters. The first-order valence-electron chi connectivity index (χ1n) is 4.37. The number of hydrogen-bond acceptors (Lipinski definition) is 1. The minimum absolute atomic E-state index is 0.986. The van der Waals surface area contributed by atoms with Crippen molar-refractivity contribution in [2.75, 3.05) is 5.75 Å². The summed E-state index contributed by atoms with van der Waals surface area (Å²) in [6.45, 7) is 6.03. The number of benzene rings is 1. The average molecular weight is 179 g/mol. The molecule has 0 aliphatic rings. The SMILES string of the molecule is [CH2]CCc1cccc(SCC)c1. The molecule has 1 aromatic rings. The molecule has 0 saturated heterocycles. The summed E-state index contributed by atoms with van der Waals surface area (Å²) in [5, 5.41) is 0. The van der Waals surface area contributed by atoms with Gasteiger partial charge >= 0.3 is 0 Å². The highest BCUT2D eigenvalue weighted by molar-refractivity contribution is 7.99. The second-order valence-electron chi connectivity index (χ2n) is 2.68. The first-order chi connectivity index (χ1) is 5.86. The van der Waals surface area contributed by atoms with Crippen LogP contribution >= 0.6 is 11.8 Å². The first-order valence-corrected chi connectivity index (χ1v) is 5.36. The van der Waals surface area contributed by atoms with Crippen LogP contribution in [0.3, 0.4) is 0 Å². The molecule has 0 saturated carbocycles. The normalized spacial score (nSPS) is 10.2. The molecular formula is C11H15S. The fraction of sp³-hybridized carbons (Fsp3) is 0.364. The minimum Gasteiger partial charge on any atom is -0.126 e. The molecule has 0 fully saturated rings. The fourth-order valence-electron chi connectivity index (χ4n) is 1.16. The molecule has 0 amide bonds. The van der Waals surface area contributed by atoms with Gasteiger partial charge in [-0.05, 0) is 36.3 Å². The van der Waals surface area contributed by atoms with Gasteiger partial charge in [-0.2, -0.15) is 0 Å². The van der Waals surface area contributed by atoms with E-state index in [1.807, 2.05) is 11.8 Å². The van der Waals surface area contributed by atoms with Crippen molar-refractivity contribution in [1.29, 1.82) is 0 Å². The highest BCUT2D eigenvalue weighted by Crippen LogP contribution is 2.18. The third kappa shape index (κ3) is 2.90. The summed E-state index contributed by atoms with van der Waals surface area (Å²) in [4.78, 5) is 1.38. The van der Waals surface area contributed by atoms with E-state index in [1.165, 1.54) is 10.5 Å². The van der Waals surface area contributed by atoms with Gasteiger partial charge in [-0.15, -0.1) is 11.8 Å². The largest absolute Gasteiger partial charge is 0.126 e. The van der Waals surface area contributed by atoms with Gasteiger partial charge < -0.3 is 0 Å². The van der Waals surface area contributed by atoms with Crippen LogP contribution in [0.4, 0.5) is 0 Å². The Kier molecular flexibility index (Phi) is 4.23. The van der Waals surface area contributed by atoms with Crippen LogP contribution in [-0.2, 0) is 6.42 Å². The topological polar surface area (TPSA) is 0 Å². The van der Waals surface area contributed by atoms with Gasteiger partial charge in [-0.25, -0.2) is 0 Å². The zero-order chi connectivity index (χ0) is 8.81. The summed E-state index contributed by atoms with van der Waals surface area (Å²) in [5.74, 6) is 1.15. The van der Waals surface area contributed by atoms with E-state index in [2.05, 4.69) is 38.1 Å². The molecule has 1 aromatic carbocycles. The molecule has 0 unspecified atom stereocenters. The molecule has 0 N–H and O–H groups in total. The maximum Gasteiger partial charge on any atom is 0.00745 e. The number of rotatable bonds is 4. The van der Waals surface area contributed by atoms with Crippen molar-refractivity contribution >= 4 is 11.8 Å². The average Bonchev–Trinajstić information content (AvgIpc) is 2.06. The van der Waals surface area contributed by atoms with Crippen LogP contribution in [0.15, 0.2) is 29.2 Å². The lowest BCUT2D eigenvalue weighted by molar-refractivity contribution is 0.992. The molecule has 0 heterocycles. The summed E-state index contributed by atoms with van der Waals surface area (Å²) < 4.78 is 0. The van der Waals surface area contributed by atoms with E-state index in [0.29, 0.717) is 0 Å². The van der Waals surface area contributed by atoms with Crippen LogP contribution in [-0.4, -0.2) is 5.75 Å². The van der Waals surface area contributed by atoms with Gasteiger partial charge in [0.05, 0.1) is 0 Å². The Labute approximate surface area is 79.4 Å². The zero-order valence-electron chi connectivity index (χ0n) is 7.55. The third-order valence-electron chi connectivity index (χ3n) is 1.67. The van der Waals surface area contributed by atoms with Crippen molar-refractivity contribution in [2.24, 2.45) is 0 Å². The van der Waals surface area contributed by atoms with Crippen LogP contribution in [0.25, 0.3) is 0 Å². The molecule has 0 aliphatic carbocycles. The molecule has 0 aliphatic heterocycles. The van der Waals surface area contributed by atoms with E-state index in [-0.39, 0.29) is 0 Å². The highest BCUT2D eigenvalue weighted by atomic mass is 32.2. The van der Waals surface area contributed by atoms with Gasteiger partial charge in [0.15, 0.2) is 0 Å². The molecule has 0 bridgehead atoms. The number of hydrogen-bond donors (Lipinski definition) is 0. The lowest BCUT2D eigenvalue weighted by Crippen LogP contribution is -1.83. The van der Waals surface area contributed by atoms with Crippen LogP contribution in [0.1, 0.15) is 18.9 Å². The van der Waals surface area contributed by atoms with Gasteiger partial charge in [0.1, 0.15) is 0 Å². The molecule has 0 spiro atoms. The molecule has 1 rings (SSSR count). The minimum atomic E-state index is 0.986. The fourth-order valence-corrected chi connectivity index (χ4v) is 1.90. The van der Waals surface area contributed by atoms with Crippen molar-refractivity contribution in [3.63, 3.8) is 0 Å². The van der Waals surface area contributed by atoms with E-state index in [1.54, 1.807) is 0 Å². The summed E-state index contributed by atoms with van der Waals surface area (Å²) in [6, 6.07) is 8.73. The third-order valence-corrected chi connectivity index (χ3v) is 2.55. The Morgan fingerprint density at radius 2 is 2.25 bits per heavy atom. The Morgan fingerprint density at radius 3 is 2.92 bits per heavy atom.